The number of hydrogen-bond donors (Lipinski definition) is 2. The maximum Gasteiger partial charge on any atom is 0.310 e. The summed E-state index contributed by atoms with van der Waals surface area (Å²) in [6.45, 7) is 5.78. The first-order valence-electron chi connectivity index (χ1n) is 6.58. The van der Waals surface area contributed by atoms with Crippen LogP contribution in [-0.2, 0) is 9.59 Å². The fraction of sp³-hybridized carbons (Fsp3) is 0.714. The van der Waals surface area contributed by atoms with E-state index in [1.165, 1.54) is 6.92 Å². The fourth-order valence-electron chi connectivity index (χ4n) is 2.49. The zero-order chi connectivity index (χ0) is 13.7. The van der Waals surface area contributed by atoms with Crippen molar-refractivity contribution < 1.29 is 14.7 Å². The number of nitrogens with one attached hydrogen (secondary N) is 1. The number of amides is 1. The van der Waals surface area contributed by atoms with Crippen molar-refractivity contribution in [1.29, 1.82) is 0 Å². The second kappa shape index (κ2) is 8.20. The first-order chi connectivity index (χ1) is 8.40. The Bertz CT molecular complexity index is 342. The molecule has 0 saturated carbocycles. The molecule has 19 heavy (non-hydrogen) atoms. The first kappa shape index (κ1) is 18.0. The van der Waals surface area contributed by atoms with E-state index >= 15 is 0 Å². The number of halogens is 1. The molecule has 3 unspecified atom stereocenters. The van der Waals surface area contributed by atoms with Crippen LogP contribution in [0.15, 0.2) is 12.2 Å². The van der Waals surface area contributed by atoms with Gasteiger partial charge >= 0.3 is 5.97 Å². The van der Waals surface area contributed by atoms with Crippen LogP contribution >= 0.6 is 12.4 Å². The Labute approximate surface area is 121 Å². The van der Waals surface area contributed by atoms with Crippen LogP contribution in [0, 0.1) is 17.8 Å². The summed E-state index contributed by atoms with van der Waals surface area (Å²) in [5.74, 6) is -0.378. The largest absolute Gasteiger partial charge is 0.481 e. The van der Waals surface area contributed by atoms with E-state index in [1.807, 2.05) is 6.08 Å². The second-order valence-electron chi connectivity index (χ2n) is 5.51. The lowest BCUT2D eigenvalue weighted by Crippen LogP contribution is -2.40. The Kier molecular flexibility index (Phi) is 7.76. The molecule has 0 saturated heterocycles. The number of aliphatic carboxylic acids is 1. The third-order valence-electron chi connectivity index (χ3n) is 3.35. The summed E-state index contributed by atoms with van der Waals surface area (Å²) in [6.07, 6.45) is 6.14. The molecule has 0 bridgehead atoms. The van der Waals surface area contributed by atoms with Gasteiger partial charge in [0.2, 0.25) is 5.91 Å². The minimum atomic E-state index is -0.760. The molecule has 110 valence electrons. The van der Waals surface area contributed by atoms with Crippen molar-refractivity contribution in [3.63, 3.8) is 0 Å². The van der Waals surface area contributed by atoms with Gasteiger partial charge in [0.05, 0.1) is 5.92 Å². The van der Waals surface area contributed by atoms with Gasteiger partial charge in [0.1, 0.15) is 0 Å². The zero-order valence-electron chi connectivity index (χ0n) is 11.8. The third kappa shape index (κ3) is 6.10. The summed E-state index contributed by atoms with van der Waals surface area (Å²) in [4.78, 5) is 22.1. The molecule has 2 N–H and O–H groups in total. The third-order valence-corrected chi connectivity index (χ3v) is 3.35. The minimum Gasteiger partial charge on any atom is -0.481 e. The Morgan fingerprint density at radius 1 is 1.32 bits per heavy atom. The number of rotatable bonds is 5. The number of hydrogen-bond acceptors (Lipinski definition) is 2. The molecule has 4 nitrogen and oxygen atoms in total. The van der Waals surface area contributed by atoms with Crippen molar-refractivity contribution in [3.8, 4) is 0 Å². The number of carboxylic acid groups (broad SMARTS) is 1. The first-order valence-corrected chi connectivity index (χ1v) is 6.58. The van der Waals surface area contributed by atoms with Gasteiger partial charge in [0.15, 0.2) is 0 Å². The summed E-state index contributed by atoms with van der Waals surface area (Å²) >= 11 is 0. The van der Waals surface area contributed by atoms with Crippen LogP contribution < -0.4 is 5.32 Å². The van der Waals surface area contributed by atoms with Gasteiger partial charge in [-0.15, -0.1) is 12.4 Å². The molecule has 0 spiro atoms. The molecule has 5 heteroatoms. The smallest absolute Gasteiger partial charge is 0.310 e. The topological polar surface area (TPSA) is 66.4 Å². The summed E-state index contributed by atoms with van der Waals surface area (Å²) in [7, 11) is 0. The molecule has 3 atom stereocenters. The predicted molar refractivity (Wildman–Crippen MR) is 77.3 cm³/mol. The van der Waals surface area contributed by atoms with Crippen LogP contribution in [0.5, 0.6) is 0 Å². The van der Waals surface area contributed by atoms with E-state index in [1.54, 1.807) is 6.08 Å². The number of carboxylic acids is 1. The molecule has 0 fully saturated rings. The van der Waals surface area contributed by atoms with E-state index < -0.39 is 5.97 Å². The van der Waals surface area contributed by atoms with Crippen molar-refractivity contribution in [2.45, 2.75) is 46.1 Å². The molecule has 0 radical (unpaired) electrons. The van der Waals surface area contributed by atoms with Crippen LogP contribution in [0.25, 0.3) is 0 Å². The maximum absolute atomic E-state index is 11.2. The lowest BCUT2D eigenvalue weighted by molar-refractivity contribution is -0.140. The molecule has 0 aliphatic heterocycles. The fourth-order valence-corrected chi connectivity index (χ4v) is 2.49. The van der Waals surface area contributed by atoms with Gasteiger partial charge in [-0.25, -0.2) is 0 Å². The molecular weight excluding hydrogens is 266 g/mol. The molecule has 0 aromatic carbocycles. The van der Waals surface area contributed by atoms with E-state index in [2.05, 4.69) is 19.2 Å². The van der Waals surface area contributed by atoms with Crippen molar-refractivity contribution in [2.24, 2.45) is 17.8 Å². The van der Waals surface area contributed by atoms with E-state index in [0.29, 0.717) is 12.3 Å². The zero-order valence-corrected chi connectivity index (χ0v) is 12.6. The molecule has 1 aliphatic rings. The summed E-state index contributed by atoms with van der Waals surface area (Å²) in [5.41, 5.74) is 0. The van der Waals surface area contributed by atoms with Crippen LogP contribution in [0.1, 0.15) is 40.0 Å². The lowest BCUT2D eigenvalue weighted by Gasteiger charge is -2.30. The van der Waals surface area contributed by atoms with Gasteiger partial charge in [0, 0.05) is 13.0 Å². The Morgan fingerprint density at radius 2 is 1.95 bits per heavy atom. The predicted octanol–water partition coefficient (Wildman–Crippen LogP) is 2.63. The molecule has 0 aromatic heterocycles. The van der Waals surface area contributed by atoms with E-state index in [0.717, 1.165) is 12.8 Å². The summed E-state index contributed by atoms with van der Waals surface area (Å²) < 4.78 is 0. The van der Waals surface area contributed by atoms with E-state index in [4.69, 9.17) is 5.11 Å². The minimum absolute atomic E-state index is 0. The highest BCUT2D eigenvalue weighted by molar-refractivity contribution is 5.85. The van der Waals surface area contributed by atoms with Crippen molar-refractivity contribution in [1.82, 2.24) is 5.32 Å². The second-order valence-corrected chi connectivity index (χ2v) is 5.51. The van der Waals surface area contributed by atoms with Crippen LogP contribution in [-0.4, -0.2) is 23.0 Å². The van der Waals surface area contributed by atoms with E-state index in [9.17, 15) is 9.59 Å². The highest BCUT2D eigenvalue weighted by atomic mass is 35.5. The summed E-state index contributed by atoms with van der Waals surface area (Å²) in [5, 5.41) is 11.9. The van der Waals surface area contributed by atoms with Gasteiger partial charge in [-0.3, -0.25) is 9.59 Å². The average molecular weight is 290 g/mol. The Morgan fingerprint density at radius 3 is 2.32 bits per heavy atom. The van der Waals surface area contributed by atoms with Gasteiger partial charge in [-0.2, -0.15) is 0 Å². The molecule has 1 rings (SSSR count). The average Bonchev–Trinajstić information content (AvgIpc) is 2.27. The highest BCUT2D eigenvalue weighted by Crippen LogP contribution is 2.27. The molecular formula is C14H24ClNO3. The number of carbonyl (C=O) groups is 2. The van der Waals surface area contributed by atoms with Gasteiger partial charge in [-0.05, 0) is 31.1 Å². The van der Waals surface area contributed by atoms with Crippen molar-refractivity contribution in [2.75, 3.05) is 0 Å². The standard InChI is InChI=1S/C14H23NO3.ClH/c1-9(2)8-13(15-10(3)16)11-4-6-12(7-5-11)14(17)18;/h4,6,9,11-13H,5,7-8H2,1-3H3,(H,15,16)(H,17,18);1H. The van der Waals surface area contributed by atoms with Crippen molar-refractivity contribution in [3.05, 3.63) is 12.2 Å². The SMILES string of the molecule is CC(=O)NC(CC(C)C)C1C=CC(C(=O)O)CC1.Cl. The maximum atomic E-state index is 11.2. The summed E-state index contributed by atoms with van der Waals surface area (Å²) in [6, 6.07) is 0.119. The molecule has 0 aromatic rings. The normalized spacial score (nSPS) is 23.6. The molecule has 0 heterocycles. The van der Waals surface area contributed by atoms with Gasteiger partial charge in [0.25, 0.3) is 0 Å². The van der Waals surface area contributed by atoms with Crippen LogP contribution in [0.3, 0.4) is 0 Å². The number of carbonyl (C=O) groups excluding carboxylic acids is 1. The van der Waals surface area contributed by atoms with Gasteiger partial charge < -0.3 is 10.4 Å². The molecule has 1 amide bonds. The van der Waals surface area contributed by atoms with Crippen LogP contribution in [0.4, 0.5) is 0 Å². The van der Waals surface area contributed by atoms with Crippen molar-refractivity contribution >= 4 is 24.3 Å². The van der Waals surface area contributed by atoms with Gasteiger partial charge in [-0.1, -0.05) is 26.0 Å². The monoisotopic (exact) mass is 289 g/mol. The van der Waals surface area contributed by atoms with Crippen LogP contribution in [0.2, 0.25) is 0 Å². The Hall–Kier alpha value is -1.03. The quantitative estimate of drug-likeness (QED) is 0.765. The molecule has 1 aliphatic carbocycles. The van der Waals surface area contributed by atoms with E-state index in [-0.39, 0.29) is 36.2 Å². The highest BCUT2D eigenvalue weighted by Gasteiger charge is 2.27. The Balaban J connectivity index is 0.00000324. The lowest BCUT2D eigenvalue weighted by atomic mass is 9.81.